The van der Waals surface area contributed by atoms with Crippen molar-refractivity contribution in [2.75, 3.05) is 0 Å². The highest BCUT2D eigenvalue weighted by atomic mass is 79.9. The zero-order valence-electron chi connectivity index (χ0n) is 13.0. The summed E-state index contributed by atoms with van der Waals surface area (Å²) in [5.74, 6) is -0.0761. The standard InChI is InChI=1S/C18H13Br2N3O/c1-10-16-13-9-11(19)7-8-15(13)23(17(16)22(2)21-10)18(24)12-5-3-4-6-14(12)20/h3-9H,1-2H3. The highest BCUT2D eigenvalue weighted by Gasteiger charge is 2.23. The van der Waals surface area contributed by atoms with Gasteiger partial charge in [0.15, 0.2) is 0 Å². The second-order valence-corrected chi connectivity index (χ2v) is 7.46. The van der Waals surface area contributed by atoms with Crippen LogP contribution < -0.4 is 0 Å². The van der Waals surface area contributed by atoms with Gasteiger partial charge in [-0.25, -0.2) is 0 Å². The molecule has 0 bridgehead atoms. The fraction of sp³-hybridized carbons (Fsp3) is 0.111. The lowest BCUT2D eigenvalue weighted by atomic mass is 10.2. The zero-order valence-corrected chi connectivity index (χ0v) is 16.2. The Morgan fingerprint density at radius 3 is 2.62 bits per heavy atom. The highest BCUT2D eigenvalue weighted by molar-refractivity contribution is 9.10. The van der Waals surface area contributed by atoms with Crippen molar-refractivity contribution >= 4 is 59.7 Å². The molecule has 0 amide bonds. The molecule has 0 unspecified atom stereocenters. The Kier molecular flexibility index (Phi) is 3.62. The average molecular weight is 447 g/mol. The number of carbonyl (C=O) groups is 1. The Morgan fingerprint density at radius 1 is 1.12 bits per heavy atom. The van der Waals surface area contributed by atoms with E-state index in [1.54, 1.807) is 9.25 Å². The van der Waals surface area contributed by atoms with E-state index in [0.29, 0.717) is 5.56 Å². The van der Waals surface area contributed by atoms with Gasteiger partial charge in [0.25, 0.3) is 5.91 Å². The third-order valence-corrected chi connectivity index (χ3v) is 5.36. The van der Waals surface area contributed by atoms with Gasteiger partial charge in [-0.15, -0.1) is 0 Å². The molecule has 0 fully saturated rings. The molecule has 2 aromatic heterocycles. The SMILES string of the molecule is Cc1nn(C)c2c1c1cc(Br)ccc1n2C(=O)c1ccccc1Br. The first-order chi connectivity index (χ1) is 11.5. The van der Waals surface area contributed by atoms with Crippen LogP contribution in [0, 0.1) is 6.92 Å². The minimum Gasteiger partial charge on any atom is -0.268 e. The first-order valence-corrected chi connectivity index (χ1v) is 9.00. The van der Waals surface area contributed by atoms with Gasteiger partial charge >= 0.3 is 0 Å². The molecule has 0 atom stereocenters. The molecule has 2 heterocycles. The van der Waals surface area contributed by atoms with Gasteiger partial charge in [0, 0.05) is 26.8 Å². The van der Waals surface area contributed by atoms with E-state index in [0.717, 1.165) is 36.6 Å². The molecule has 4 nitrogen and oxygen atoms in total. The van der Waals surface area contributed by atoms with Crippen molar-refractivity contribution in [2.45, 2.75) is 6.92 Å². The summed E-state index contributed by atoms with van der Waals surface area (Å²) in [6.07, 6.45) is 0. The monoisotopic (exact) mass is 445 g/mol. The quantitative estimate of drug-likeness (QED) is 0.410. The fourth-order valence-corrected chi connectivity index (χ4v) is 4.01. The van der Waals surface area contributed by atoms with Gasteiger partial charge in [0.2, 0.25) is 0 Å². The van der Waals surface area contributed by atoms with Gasteiger partial charge in [-0.2, -0.15) is 5.10 Å². The van der Waals surface area contributed by atoms with Crippen LogP contribution in [0.15, 0.2) is 51.4 Å². The van der Waals surface area contributed by atoms with E-state index in [1.807, 2.05) is 56.4 Å². The van der Waals surface area contributed by atoms with E-state index in [2.05, 4.69) is 37.0 Å². The van der Waals surface area contributed by atoms with Crippen molar-refractivity contribution in [3.63, 3.8) is 0 Å². The zero-order chi connectivity index (χ0) is 17.0. The van der Waals surface area contributed by atoms with Gasteiger partial charge in [0.05, 0.1) is 16.8 Å². The number of nitrogens with zero attached hydrogens (tertiary/aromatic N) is 3. The summed E-state index contributed by atoms with van der Waals surface area (Å²) >= 11 is 7.01. The van der Waals surface area contributed by atoms with E-state index < -0.39 is 0 Å². The molecular formula is C18H13Br2N3O. The maximum absolute atomic E-state index is 13.3. The molecule has 0 saturated heterocycles. The van der Waals surface area contributed by atoms with E-state index in [-0.39, 0.29) is 5.91 Å². The first-order valence-electron chi connectivity index (χ1n) is 7.41. The molecule has 0 aliphatic carbocycles. The van der Waals surface area contributed by atoms with Crippen molar-refractivity contribution in [3.05, 3.63) is 62.7 Å². The Hall–Kier alpha value is -1.92. The molecule has 6 heteroatoms. The third kappa shape index (κ3) is 2.17. The number of fused-ring (bicyclic) bond motifs is 3. The molecule has 24 heavy (non-hydrogen) atoms. The topological polar surface area (TPSA) is 39.8 Å². The molecular weight excluding hydrogens is 434 g/mol. The summed E-state index contributed by atoms with van der Waals surface area (Å²) in [5.41, 5.74) is 3.22. The van der Waals surface area contributed by atoms with Crippen LogP contribution >= 0.6 is 31.9 Å². The van der Waals surface area contributed by atoms with E-state index in [9.17, 15) is 4.79 Å². The smallest absolute Gasteiger partial charge is 0.265 e. The minimum atomic E-state index is -0.0761. The second kappa shape index (κ2) is 5.57. The number of hydrogen-bond donors (Lipinski definition) is 0. The number of benzene rings is 2. The van der Waals surface area contributed by atoms with Gasteiger partial charge in [-0.3, -0.25) is 14.0 Å². The lowest BCUT2D eigenvalue weighted by Gasteiger charge is -2.08. The minimum absolute atomic E-state index is 0.0761. The summed E-state index contributed by atoms with van der Waals surface area (Å²) in [6.45, 7) is 1.97. The van der Waals surface area contributed by atoms with Crippen LogP contribution in [0.25, 0.3) is 21.9 Å². The van der Waals surface area contributed by atoms with Crippen LogP contribution in [0.5, 0.6) is 0 Å². The molecule has 4 rings (SSSR count). The largest absolute Gasteiger partial charge is 0.268 e. The Morgan fingerprint density at radius 2 is 1.88 bits per heavy atom. The maximum Gasteiger partial charge on any atom is 0.265 e. The molecule has 120 valence electrons. The van der Waals surface area contributed by atoms with Gasteiger partial charge < -0.3 is 0 Å². The van der Waals surface area contributed by atoms with E-state index in [4.69, 9.17) is 0 Å². The predicted octanol–water partition coefficient (Wildman–Crippen LogP) is 5.05. The highest BCUT2D eigenvalue weighted by Crippen LogP contribution is 2.34. The van der Waals surface area contributed by atoms with Crippen LogP contribution in [0.2, 0.25) is 0 Å². The third-order valence-electron chi connectivity index (χ3n) is 4.18. The van der Waals surface area contributed by atoms with E-state index >= 15 is 0 Å². The fourth-order valence-electron chi connectivity index (χ4n) is 3.20. The van der Waals surface area contributed by atoms with Crippen molar-refractivity contribution in [2.24, 2.45) is 7.05 Å². The Labute approximate surface area is 155 Å². The summed E-state index contributed by atoms with van der Waals surface area (Å²) in [6, 6.07) is 13.4. The predicted molar refractivity (Wildman–Crippen MR) is 103 cm³/mol. The lowest BCUT2D eigenvalue weighted by Crippen LogP contribution is -2.14. The first kappa shape index (κ1) is 15.6. The normalized spacial score (nSPS) is 11.5. The molecule has 0 aliphatic heterocycles. The molecule has 0 aliphatic rings. The second-order valence-electron chi connectivity index (χ2n) is 5.69. The van der Waals surface area contributed by atoms with E-state index in [1.165, 1.54) is 0 Å². The number of carbonyl (C=O) groups excluding carboxylic acids is 1. The number of rotatable bonds is 1. The van der Waals surface area contributed by atoms with Crippen LogP contribution in [0.3, 0.4) is 0 Å². The van der Waals surface area contributed by atoms with Crippen LogP contribution in [-0.4, -0.2) is 20.3 Å². The number of hydrogen-bond acceptors (Lipinski definition) is 2. The molecule has 0 radical (unpaired) electrons. The average Bonchev–Trinajstić information content (AvgIpc) is 3.03. The number of aryl methyl sites for hydroxylation is 2. The lowest BCUT2D eigenvalue weighted by molar-refractivity contribution is 0.0967. The number of halogens is 2. The number of aromatic nitrogens is 3. The van der Waals surface area contributed by atoms with Crippen LogP contribution in [-0.2, 0) is 7.05 Å². The van der Waals surface area contributed by atoms with Gasteiger partial charge in [-0.05, 0) is 53.2 Å². The maximum atomic E-state index is 13.3. The van der Waals surface area contributed by atoms with Crippen molar-refractivity contribution in [1.29, 1.82) is 0 Å². The molecule has 0 N–H and O–H groups in total. The molecule has 4 aromatic rings. The molecule has 2 aromatic carbocycles. The van der Waals surface area contributed by atoms with Gasteiger partial charge in [-0.1, -0.05) is 28.1 Å². The summed E-state index contributed by atoms with van der Waals surface area (Å²) < 4.78 is 5.27. The molecule has 0 saturated carbocycles. The summed E-state index contributed by atoms with van der Waals surface area (Å²) in [5, 5.41) is 6.53. The summed E-state index contributed by atoms with van der Waals surface area (Å²) in [7, 11) is 1.87. The Bertz CT molecular complexity index is 1120. The Balaban J connectivity index is 2.14. The van der Waals surface area contributed by atoms with Crippen LogP contribution in [0.4, 0.5) is 0 Å². The van der Waals surface area contributed by atoms with Crippen molar-refractivity contribution in [1.82, 2.24) is 14.3 Å². The van der Waals surface area contributed by atoms with Crippen molar-refractivity contribution in [3.8, 4) is 0 Å². The van der Waals surface area contributed by atoms with Crippen molar-refractivity contribution < 1.29 is 4.79 Å². The van der Waals surface area contributed by atoms with Gasteiger partial charge in [0.1, 0.15) is 5.65 Å². The molecule has 0 spiro atoms. The van der Waals surface area contributed by atoms with Crippen LogP contribution in [0.1, 0.15) is 16.1 Å². The summed E-state index contributed by atoms with van der Waals surface area (Å²) in [4.78, 5) is 13.3.